The van der Waals surface area contributed by atoms with Crippen molar-refractivity contribution < 1.29 is 4.74 Å². The van der Waals surface area contributed by atoms with Crippen molar-refractivity contribution in [1.29, 1.82) is 0 Å². The number of aryl methyl sites for hydroxylation is 1. The van der Waals surface area contributed by atoms with Crippen LogP contribution >= 0.6 is 0 Å². The summed E-state index contributed by atoms with van der Waals surface area (Å²) in [6.45, 7) is 3.86. The van der Waals surface area contributed by atoms with Crippen molar-refractivity contribution in [3.8, 4) is 0 Å². The molecule has 0 amide bonds. The van der Waals surface area contributed by atoms with Crippen LogP contribution in [0.1, 0.15) is 24.0 Å². The van der Waals surface area contributed by atoms with Gasteiger partial charge in [0.05, 0.1) is 12.7 Å². The fourth-order valence-corrected chi connectivity index (χ4v) is 3.16. The van der Waals surface area contributed by atoms with Gasteiger partial charge < -0.3 is 15.0 Å². The lowest BCUT2D eigenvalue weighted by molar-refractivity contribution is -0.0117. The van der Waals surface area contributed by atoms with Crippen molar-refractivity contribution >= 4 is 5.69 Å². The van der Waals surface area contributed by atoms with Gasteiger partial charge in [-0.3, -0.25) is 0 Å². The zero-order valence-electron chi connectivity index (χ0n) is 11.8. The van der Waals surface area contributed by atoms with Gasteiger partial charge in [-0.15, -0.1) is 0 Å². The van der Waals surface area contributed by atoms with Crippen LogP contribution in [0.2, 0.25) is 0 Å². The molecule has 1 N–H and O–H groups in total. The Morgan fingerprint density at radius 3 is 3.11 bits per heavy atom. The minimum atomic E-state index is 0.318. The molecule has 0 spiro atoms. The molecule has 3 heteroatoms. The standard InChI is InChI=1S/C16H24N2O/c1-18-9-10-19-14(12-18)11-17-16-8-4-6-13-5-2-3-7-15(13)16/h4,6,8,14,17H,2-3,5,7,9-12H2,1H3. The summed E-state index contributed by atoms with van der Waals surface area (Å²) in [7, 11) is 2.17. The summed E-state index contributed by atoms with van der Waals surface area (Å²) in [6, 6.07) is 6.68. The van der Waals surface area contributed by atoms with E-state index in [1.54, 1.807) is 0 Å². The predicted octanol–water partition coefficient (Wildman–Crippen LogP) is 2.31. The van der Waals surface area contributed by atoms with Gasteiger partial charge >= 0.3 is 0 Å². The molecule has 3 rings (SSSR count). The molecule has 1 aliphatic heterocycles. The minimum Gasteiger partial charge on any atom is -0.382 e. The fourth-order valence-electron chi connectivity index (χ4n) is 3.16. The third-order valence-corrected chi connectivity index (χ3v) is 4.26. The van der Waals surface area contributed by atoms with Crippen LogP contribution in [0, 0.1) is 0 Å². The van der Waals surface area contributed by atoms with Gasteiger partial charge in [0.25, 0.3) is 0 Å². The van der Waals surface area contributed by atoms with Gasteiger partial charge in [-0.1, -0.05) is 12.1 Å². The Morgan fingerprint density at radius 1 is 1.32 bits per heavy atom. The lowest BCUT2D eigenvalue weighted by atomic mass is 9.90. The third kappa shape index (κ3) is 3.10. The van der Waals surface area contributed by atoms with Crippen LogP contribution in [0.15, 0.2) is 18.2 Å². The normalized spacial score (nSPS) is 23.9. The van der Waals surface area contributed by atoms with Crippen LogP contribution in [0.5, 0.6) is 0 Å². The molecule has 1 aliphatic carbocycles. The van der Waals surface area contributed by atoms with E-state index in [0.717, 1.165) is 26.2 Å². The molecule has 1 atom stereocenters. The van der Waals surface area contributed by atoms with Crippen molar-refractivity contribution in [2.45, 2.75) is 31.8 Å². The quantitative estimate of drug-likeness (QED) is 0.902. The Bertz CT molecular complexity index is 433. The topological polar surface area (TPSA) is 24.5 Å². The summed E-state index contributed by atoms with van der Waals surface area (Å²) < 4.78 is 5.81. The molecule has 0 bridgehead atoms. The fraction of sp³-hybridized carbons (Fsp3) is 0.625. The molecule has 0 saturated carbocycles. The van der Waals surface area contributed by atoms with E-state index in [1.165, 1.54) is 42.5 Å². The molecular weight excluding hydrogens is 236 g/mol. The first-order chi connectivity index (χ1) is 9.33. The Labute approximate surface area is 115 Å². The summed E-state index contributed by atoms with van der Waals surface area (Å²) >= 11 is 0. The van der Waals surface area contributed by atoms with Crippen molar-refractivity contribution in [3.63, 3.8) is 0 Å². The first kappa shape index (κ1) is 12.9. The number of nitrogens with one attached hydrogen (secondary N) is 1. The largest absolute Gasteiger partial charge is 0.382 e. The number of benzene rings is 1. The number of likely N-dealkylation sites (N-methyl/N-ethyl adjacent to an activating group) is 1. The highest BCUT2D eigenvalue weighted by Gasteiger charge is 2.18. The molecule has 0 aromatic heterocycles. The Morgan fingerprint density at radius 2 is 2.21 bits per heavy atom. The van der Waals surface area contributed by atoms with E-state index >= 15 is 0 Å². The van der Waals surface area contributed by atoms with Crippen LogP contribution in [0.3, 0.4) is 0 Å². The molecule has 1 heterocycles. The second-order valence-corrected chi connectivity index (χ2v) is 5.79. The van der Waals surface area contributed by atoms with Crippen LogP contribution in [0.4, 0.5) is 5.69 Å². The molecule has 1 fully saturated rings. The monoisotopic (exact) mass is 260 g/mol. The number of rotatable bonds is 3. The van der Waals surface area contributed by atoms with Crippen LogP contribution < -0.4 is 5.32 Å². The van der Waals surface area contributed by atoms with Gasteiger partial charge in [0.1, 0.15) is 0 Å². The number of morpholine rings is 1. The SMILES string of the molecule is CN1CCOC(CNc2cccc3c2CCCC3)C1. The highest BCUT2D eigenvalue weighted by molar-refractivity contribution is 5.55. The number of nitrogens with zero attached hydrogens (tertiary/aromatic N) is 1. The smallest absolute Gasteiger partial charge is 0.0874 e. The first-order valence-electron chi connectivity index (χ1n) is 7.48. The minimum absolute atomic E-state index is 0.318. The number of anilines is 1. The van der Waals surface area contributed by atoms with Crippen molar-refractivity contribution in [2.24, 2.45) is 0 Å². The molecule has 1 saturated heterocycles. The lowest BCUT2D eigenvalue weighted by Gasteiger charge is -2.31. The van der Waals surface area contributed by atoms with Gasteiger partial charge in [0, 0.05) is 25.3 Å². The van der Waals surface area contributed by atoms with Gasteiger partial charge in [-0.05, 0) is 49.9 Å². The number of fused-ring (bicyclic) bond motifs is 1. The lowest BCUT2D eigenvalue weighted by Crippen LogP contribution is -2.43. The maximum absolute atomic E-state index is 5.81. The third-order valence-electron chi connectivity index (χ3n) is 4.26. The van der Waals surface area contributed by atoms with E-state index in [0.29, 0.717) is 6.10 Å². The Kier molecular flexibility index (Phi) is 4.04. The summed E-state index contributed by atoms with van der Waals surface area (Å²) in [6.07, 6.45) is 5.46. The number of hydrogen-bond donors (Lipinski definition) is 1. The van der Waals surface area contributed by atoms with E-state index in [-0.39, 0.29) is 0 Å². The number of ether oxygens (including phenoxy) is 1. The molecule has 104 valence electrons. The number of hydrogen-bond acceptors (Lipinski definition) is 3. The van der Waals surface area contributed by atoms with E-state index in [4.69, 9.17) is 4.74 Å². The van der Waals surface area contributed by atoms with Crippen molar-refractivity contribution in [1.82, 2.24) is 4.90 Å². The summed E-state index contributed by atoms with van der Waals surface area (Å²) in [4.78, 5) is 2.34. The maximum atomic E-state index is 5.81. The predicted molar refractivity (Wildman–Crippen MR) is 78.8 cm³/mol. The Hall–Kier alpha value is -1.06. The van der Waals surface area contributed by atoms with Gasteiger partial charge in [0.2, 0.25) is 0 Å². The highest BCUT2D eigenvalue weighted by atomic mass is 16.5. The van der Waals surface area contributed by atoms with E-state index in [2.05, 4.69) is 35.5 Å². The summed E-state index contributed by atoms with van der Waals surface area (Å²) in [5, 5.41) is 3.61. The van der Waals surface area contributed by atoms with E-state index in [9.17, 15) is 0 Å². The summed E-state index contributed by atoms with van der Waals surface area (Å²) in [5.74, 6) is 0. The molecule has 1 aromatic rings. The van der Waals surface area contributed by atoms with Crippen LogP contribution in [0.25, 0.3) is 0 Å². The van der Waals surface area contributed by atoms with Gasteiger partial charge in [0.15, 0.2) is 0 Å². The average Bonchev–Trinajstić information content (AvgIpc) is 2.45. The molecule has 1 aromatic carbocycles. The second kappa shape index (κ2) is 5.93. The van der Waals surface area contributed by atoms with Crippen LogP contribution in [-0.4, -0.2) is 44.3 Å². The maximum Gasteiger partial charge on any atom is 0.0874 e. The van der Waals surface area contributed by atoms with Gasteiger partial charge in [-0.2, -0.15) is 0 Å². The van der Waals surface area contributed by atoms with Crippen molar-refractivity contribution in [2.75, 3.05) is 38.6 Å². The molecule has 19 heavy (non-hydrogen) atoms. The Balaban J connectivity index is 1.63. The first-order valence-corrected chi connectivity index (χ1v) is 7.48. The zero-order valence-corrected chi connectivity index (χ0v) is 11.8. The molecule has 2 aliphatic rings. The van der Waals surface area contributed by atoms with E-state index < -0.39 is 0 Å². The molecule has 1 unspecified atom stereocenters. The van der Waals surface area contributed by atoms with E-state index in [1.807, 2.05) is 0 Å². The molecule has 0 radical (unpaired) electrons. The van der Waals surface area contributed by atoms with Crippen molar-refractivity contribution in [3.05, 3.63) is 29.3 Å². The van der Waals surface area contributed by atoms with Gasteiger partial charge in [-0.25, -0.2) is 0 Å². The molecular formula is C16H24N2O. The molecule has 3 nitrogen and oxygen atoms in total. The highest BCUT2D eigenvalue weighted by Crippen LogP contribution is 2.27. The summed E-state index contributed by atoms with van der Waals surface area (Å²) in [5.41, 5.74) is 4.41. The zero-order chi connectivity index (χ0) is 13.1. The average molecular weight is 260 g/mol. The second-order valence-electron chi connectivity index (χ2n) is 5.79. The van der Waals surface area contributed by atoms with Crippen LogP contribution in [-0.2, 0) is 17.6 Å².